The molecule has 0 aromatic heterocycles. The summed E-state index contributed by atoms with van der Waals surface area (Å²) in [6.07, 6.45) is 10.3. The molecule has 1 saturated heterocycles. The maximum absolute atomic E-state index is 6.48. The van der Waals surface area contributed by atoms with Gasteiger partial charge in [-0.15, -0.1) is 6.58 Å². The zero-order valence-corrected chi connectivity index (χ0v) is 15.0. The molecule has 0 N–H and O–H groups in total. The Hall–Kier alpha value is -0.163. The van der Waals surface area contributed by atoms with Crippen LogP contribution in [0.1, 0.15) is 38.5 Å². The predicted octanol–water partition coefficient (Wildman–Crippen LogP) is 3.82. The van der Waals surface area contributed by atoms with Gasteiger partial charge in [0, 0.05) is 25.7 Å². The van der Waals surface area contributed by atoms with Crippen LogP contribution >= 0.6 is 0 Å². The van der Waals surface area contributed by atoms with Crippen LogP contribution in [-0.4, -0.2) is 51.7 Å². The van der Waals surface area contributed by atoms with Crippen molar-refractivity contribution in [2.45, 2.75) is 69.8 Å². The number of ether oxygens (including phenoxy) is 1. The molecule has 4 heteroatoms. The average Bonchev–Trinajstić information content (AvgIpc) is 2.45. The smallest absolute Gasteiger partial charge is 0.187 e. The van der Waals surface area contributed by atoms with E-state index in [2.05, 4.69) is 24.6 Å². The molecule has 2 aliphatic rings. The van der Waals surface area contributed by atoms with Gasteiger partial charge in [0.05, 0.1) is 12.7 Å². The van der Waals surface area contributed by atoms with Gasteiger partial charge in [-0.3, -0.25) is 4.90 Å². The second-order valence-corrected chi connectivity index (χ2v) is 11.5. The number of rotatable bonds is 5. The SMILES string of the molecule is C=CCN(CC1COCCC[Si](C)(C)O1)C1CCCCC1. The highest BCUT2D eigenvalue weighted by Gasteiger charge is 2.30. The first-order valence-corrected chi connectivity index (χ1v) is 11.8. The summed E-state index contributed by atoms with van der Waals surface area (Å²) in [4.78, 5) is 2.59. The van der Waals surface area contributed by atoms with Crippen LogP contribution in [0.2, 0.25) is 19.1 Å². The maximum atomic E-state index is 6.48. The van der Waals surface area contributed by atoms with Crippen molar-refractivity contribution in [3.63, 3.8) is 0 Å². The number of hydrogen-bond acceptors (Lipinski definition) is 3. The van der Waals surface area contributed by atoms with Crippen molar-refractivity contribution in [2.24, 2.45) is 0 Å². The molecular formula is C17H33NO2Si. The third-order valence-electron chi connectivity index (χ3n) is 4.75. The van der Waals surface area contributed by atoms with Gasteiger partial charge < -0.3 is 9.16 Å². The van der Waals surface area contributed by atoms with Gasteiger partial charge in [-0.25, -0.2) is 0 Å². The summed E-state index contributed by atoms with van der Waals surface area (Å²) in [5.41, 5.74) is 0. The van der Waals surface area contributed by atoms with Gasteiger partial charge in [0.15, 0.2) is 8.32 Å². The summed E-state index contributed by atoms with van der Waals surface area (Å²) >= 11 is 0. The second kappa shape index (κ2) is 8.46. The average molecular weight is 312 g/mol. The second-order valence-electron chi connectivity index (χ2n) is 7.21. The zero-order valence-electron chi connectivity index (χ0n) is 14.0. The fraction of sp³-hybridized carbons (Fsp3) is 0.882. The van der Waals surface area contributed by atoms with E-state index in [1.54, 1.807) is 0 Å². The fourth-order valence-corrected chi connectivity index (χ4v) is 5.85. The Bertz CT molecular complexity index is 316. The quantitative estimate of drug-likeness (QED) is 0.569. The highest BCUT2D eigenvalue weighted by molar-refractivity contribution is 6.71. The summed E-state index contributed by atoms with van der Waals surface area (Å²) < 4.78 is 12.3. The largest absolute Gasteiger partial charge is 0.411 e. The number of nitrogens with zero attached hydrogens (tertiary/aromatic N) is 1. The lowest BCUT2D eigenvalue weighted by Crippen LogP contribution is -2.48. The Kier molecular flexibility index (Phi) is 6.93. The van der Waals surface area contributed by atoms with Crippen LogP contribution in [0, 0.1) is 0 Å². The van der Waals surface area contributed by atoms with Gasteiger partial charge in [0.1, 0.15) is 0 Å². The lowest BCUT2D eigenvalue weighted by molar-refractivity contribution is 0.00837. The van der Waals surface area contributed by atoms with Crippen LogP contribution < -0.4 is 0 Å². The summed E-state index contributed by atoms with van der Waals surface area (Å²) in [6.45, 7) is 12.3. The molecule has 122 valence electrons. The first kappa shape index (κ1) is 17.2. The van der Waals surface area contributed by atoms with Crippen molar-refractivity contribution in [1.29, 1.82) is 0 Å². The summed E-state index contributed by atoms with van der Waals surface area (Å²) in [5.74, 6) is 0. The third-order valence-corrected chi connectivity index (χ3v) is 7.28. The van der Waals surface area contributed by atoms with Crippen LogP contribution in [0.25, 0.3) is 0 Å². The van der Waals surface area contributed by atoms with Crippen molar-refractivity contribution in [3.05, 3.63) is 12.7 Å². The van der Waals surface area contributed by atoms with E-state index in [1.165, 1.54) is 38.1 Å². The Balaban J connectivity index is 1.94. The maximum Gasteiger partial charge on any atom is 0.187 e. The summed E-state index contributed by atoms with van der Waals surface area (Å²) in [6, 6.07) is 1.93. The van der Waals surface area contributed by atoms with Crippen molar-refractivity contribution < 1.29 is 9.16 Å². The van der Waals surface area contributed by atoms with Crippen molar-refractivity contribution in [3.8, 4) is 0 Å². The minimum Gasteiger partial charge on any atom is -0.411 e. The minimum absolute atomic E-state index is 0.244. The van der Waals surface area contributed by atoms with Crippen LogP contribution in [0.4, 0.5) is 0 Å². The lowest BCUT2D eigenvalue weighted by Gasteiger charge is -2.39. The molecule has 3 nitrogen and oxygen atoms in total. The Morgan fingerprint density at radius 3 is 2.67 bits per heavy atom. The van der Waals surface area contributed by atoms with Crippen LogP contribution in [0.3, 0.4) is 0 Å². The molecule has 2 fully saturated rings. The highest BCUT2D eigenvalue weighted by Crippen LogP contribution is 2.25. The normalized spacial score (nSPS) is 28.0. The Morgan fingerprint density at radius 1 is 1.19 bits per heavy atom. The van der Waals surface area contributed by atoms with Gasteiger partial charge in [0.25, 0.3) is 0 Å². The molecular weight excluding hydrogens is 278 g/mol. The molecule has 0 bridgehead atoms. The van der Waals surface area contributed by atoms with E-state index in [1.807, 2.05) is 6.08 Å². The zero-order chi connectivity index (χ0) is 15.1. The first-order chi connectivity index (χ1) is 10.1. The monoisotopic (exact) mass is 311 g/mol. The van der Waals surface area contributed by atoms with Gasteiger partial charge >= 0.3 is 0 Å². The topological polar surface area (TPSA) is 21.7 Å². The molecule has 21 heavy (non-hydrogen) atoms. The molecule has 0 radical (unpaired) electrons. The van der Waals surface area contributed by atoms with Crippen LogP contribution in [-0.2, 0) is 9.16 Å². The predicted molar refractivity (Wildman–Crippen MR) is 91.2 cm³/mol. The summed E-state index contributed by atoms with van der Waals surface area (Å²) in [7, 11) is -1.51. The van der Waals surface area contributed by atoms with E-state index in [4.69, 9.17) is 9.16 Å². The Morgan fingerprint density at radius 2 is 1.95 bits per heavy atom. The molecule has 1 aliphatic heterocycles. The first-order valence-electron chi connectivity index (χ1n) is 8.71. The third kappa shape index (κ3) is 5.85. The molecule has 2 rings (SSSR count). The van der Waals surface area contributed by atoms with E-state index in [0.29, 0.717) is 0 Å². The van der Waals surface area contributed by atoms with Gasteiger partial charge in [-0.1, -0.05) is 25.3 Å². The van der Waals surface area contributed by atoms with Gasteiger partial charge in [-0.05, 0) is 38.4 Å². The van der Waals surface area contributed by atoms with Crippen molar-refractivity contribution in [1.82, 2.24) is 4.90 Å². The molecule has 0 aromatic carbocycles. The van der Waals surface area contributed by atoms with E-state index < -0.39 is 8.32 Å². The van der Waals surface area contributed by atoms with Gasteiger partial charge in [-0.2, -0.15) is 0 Å². The molecule has 1 heterocycles. The van der Waals surface area contributed by atoms with Crippen LogP contribution in [0.5, 0.6) is 0 Å². The lowest BCUT2D eigenvalue weighted by atomic mass is 9.94. The van der Waals surface area contributed by atoms with E-state index in [0.717, 1.165) is 38.8 Å². The molecule has 1 unspecified atom stereocenters. The van der Waals surface area contributed by atoms with E-state index in [9.17, 15) is 0 Å². The van der Waals surface area contributed by atoms with Crippen molar-refractivity contribution in [2.75, 3.05) is 26.3 Å². The molecule has 0 aromatic rings. The fourth-order valence-electron chi connectivity index (χ4n) is 3.70. The molecule has 1 saturated carbocycles. The number of hydrogen-bond donors (Lipinski definition) is 0. The van der Waals surface area contributed by atoms with Crippen molar-refractivity contribution >= 4 is 8.32 Å². The van der Waals surface area contributed by atoms with Gasteiger partial charge in [0.2, 0.25) is 0 Å². The Labute approximate surface area is 131 Å². The van der Waals surface area contributed by atoms with E-state index in [-0.39, 0.29) is 6.10 Å². The highest BCUT2D eigenvalue weighted by atomic mass is 28.4. The standard InChI is InChI=1S/C17H33NO2Si/c1-4-11-18(16-9-6-5-7-10-16)14-17-15-19-12-8-13-21(2,3)20-17/h4,16-17H,1,5-15H2,2-3H3. The molecule has 1 aliphatic carbocycles. The summed E-state index contributed by atoms with van der Waals surface area (Å²) in [5, 5.41) is 0. The molecule has 0 amide bonds. The molecule has 1 atom stereocenters. The minimum atomic E-state index is -1.51. The molecule has 0 spiro atoms. The van der Waals surface area contributed by atoms with E-state index >= 15 is 0 Å². The van der Waals surface area contributed by atoms with Crippen LogP contribution in [0.15, 0.2) is 12.7 Å².